The Bertz CT molecular complexity index is 1020. The van der Waals surface area contributed by atoms with E-state index in [4.69, 9.17) is 20.6 Å². The fourth-order valence-electron chi connectivity index (χ4n) is 3.43. The van der Waals surface area contributed by atoms with Gasteiger partial charge in [-0.05, 0) is 29.7 Å². The van der Waals surface area contributed by atoms with E-state index < -0.39 is 11.9 Å². The zero-order chi connectivity index (χ0) is 24.0. The van der Waals surface area contributed by atoms with Crippen molar-refractivity contribution in [2.45, 2.75) is 18.9 Å². The van der Waals surface area contributed by atoms with Crippen molar-refractivity contribution in [1.82, 2.24) is 10.2 Å². The van der Waals surface area contributed by atoms with E-state index >= 15 is 0 Å². The number of likely N-dealkylation sites (N-methyl/N-ethyl adjacent to an activating group) is 1. The summed E-state index contributed by atoms with van der Waals surface area (Å²) in [6, 6.07) is 14.8. The maximum atomic E-state index is 12.2. The van der Waals surface area contributed by atoms with Gasteiger partial charge >= 0.3 is 5.97 Å². The van der Waals surface area contributed by atoms with Crippen molar-refractivity contribution in [2.24, 2.45) is 11.7 Å². The summed E-state index contributed by atoms with van der Waals surface area (Å²) in [6.45, 7) is -0.0490. The molecule has 1 heterocycles. The predicted octanol–water partition coefficient (Wildman–Crippen LogP) is 1.54. The van der Waals surface area contributed by atoms with Gasteiger partial charge in [-0.1, -0.05) is 36.4 Å². The lowest BCUT2D eigenvalue weighted by Gasteiger charge is -2.13. The van der Waals surface area contributed by atoms with Crippen molar-refractivity contribution in [3.05, 3.63) is 54.1 Å². The SMILES string of the molecule is CN(C)C(=O)COC(=O)C[C@@H]1C[C@@H](COc2ccc(-c3ccc(C(=N)N)cc3)cc2)NC1=O. The van der Waals surface area contributed by atoms with Crippen LogP contribution in [-0.2, 0) is 19.1 Å². The largest absolute Gasteiger partial charge is 0.491 e. The smallest absolute Gasteiger partial charge is 0.307 e. The van der Waals surface area contributed by atoms with E-state index in [1.165, 1.54) is 4.90 Å². The molecule has 1 aliphatic rings. The van der Waals surface area contributed by atoms with Gasteiger partial charge in [0.1, 0.15) is 18.2 Å². The molecule has 1 fully saturated rings. The van der Waals surface area contributed by atoms with Crippen LogP contribution in [-0.4, -0.2) is 61.9 Å². The fraction of sp³-hybridized carbons (Fsp3) is 0.333. The number of nitrogen functional groups attached to an aromatic ring is 1. The van der Waals surface area contributed by atoms with E-state index in [0.29, 0.717) is 17.7 Å². The number of hydrogen-bond acceptors (Lipinski definition) is 6. The number of carbonyl (C=O) groups excluding carboxylic acids is 3. The van der Waals surface area contributed by atoms with Gasteiger partial charge in [0.15, 0.2) is 6.61 Å². The van der Waals surface area contributed by atoms with Gasteiger partial charge in [0.2, 0.25) is 5.91 Å². The minimum atomic E-state index is -0.571. The molecular weight excluding hydrogens is 424 g/mol. The van der Waals surface area contributed by atoms with Crippen molar-refractivity contribution in [2.75, 3.05) is 27.3 Å². The van der Waals surface area contributed by atoms with E-state index in [9.17, 15) is 14.4 Å². The van der Waals surface area contributed by atoms with Crippen LogP contribution in [0.3, 0.4) is 0 Å². The Morgan fingerprint density at radius 2 is 1.70 bits per heavy atom. The third-order valence-corrected chi connectivity index (χ3v) is 5.39. The predicted molar refractivity (Wildman–Crippen MR) is 123 cm³/mol. The normalized spacial score (nSPS) is 17.2. The van der Waals surface area contributed by atoms with Gasteiger partial charge in [-0.3, -0.25) is 19.8 Å². The monoisotopic (exact) mass is 452 g/mol. The maximum absolute atomic E-state index is 12.2. The standard InChI is InChI=1S/C24H28N4O5/c1-28(2)21(29)14-33-22(30)12-18-11-19(27-24(18)31)13-32-20-9-7-16(8-10-20)15-3-5-17(6-4-15)23(25)26/h3-10,18-19H,11-14H2,1-2H3,(H3,25,26)(H,27,31)/t18-,19-/m0/s1. The van der Waals surface area contributed by atoms with Crippen molar-refractivity contribution in [1.29, 1.82) is 5.41 Å². The van der Waals surface area contributed by atoms with Crippen LogP contribution in [0.2, 0.25) is 0 Å². The van der Waals surface area contributed by atoms with E-state index in [0.717, 1.165) is 11.1 Å². The Labute approximate surface area is 192 Å². The zero-order valence-electron chi connectivity index (χ0n) is 18.7. The third kappa shape index (κ3) is 6.55. The van der Waals surface area contributed by atoms with E-state index in [1.807, 2.05) is 36.4 Å². The highest BCUT2D eigenvalue weighted by Crippen LogP contribution is 2.24. The van der Waals surface area contributed by atoms with E-state index in [1.54, 1.807) is 26.2 Å². The topological polar surface area (TPSA) is 135 Å². The molecule has 0 aromatic heterocycles. The molecule has 0 saturated carbocycles. The van der Waals surface area contributed by atoms with Gasteiger partial charge in [0, 0.05) is 19.7 Å². The second kappa shape index (κ2) is 10.6. The van der Waals surface area contributed by atoms with Crippen LogP contribution in [0.15, 0.2) is 48.5 Å². The van der Waals surface area contributed by atoms with Gasteiger partial charge in [-0.15, -0.1) is 0 Å². The molecule has 0 radical (unpaired) electrons. The van der Waals surface area contributed by atoms with Gasteiger partial charge in [-0.25, -0.2) is 0 Å². The molecule has 9 nitrogen and oxygen atoms in total. The Hall–Kier alpha value is -3.88. The Balaban J connectivity index is 1.46. The summed E-state index contributed by atoms with van der Waals surface area (Å²) >= 11 is 0. The van der Waals surface area contributed by atoms with Gasteiger partial charge < -0.3 is 25.4 Å². The number of amidine groups is 1. The second-order valence-electron chi connectivity index (χ2n) is 8.12. The molecule has 2 aromatic rings. The number of nitrogens with zero attached hydrogens (tertiary/aromatic N) is 1. The summed E-state index contributed by atoms with van der Waals surface area (Å²) in [7, 11) is 3.15. The van der Waals surface area contributed by atoms with Crippen molar-refractivity contribution in [3.8, 4) is 16.9 Å². The maximum Gasteiger partial charge on any atom is 0.307 e. The zero-order valence-corrected chi connectivity index (χ0v) is 18.7. The molecule has 2 aromatic carbocycles. The molecule has 33 heavy (non-hydrogen) atoms. The second-order valence-corrected chi connectivity index (χ2v) is 8.12. The van der Waals surface area contributed by atoms with Crippen LogP contribution < -0.4 is 15.8 Å². The highest BCUT2D eigenvalue weighted by atomic mass is 16.5. The first kappa shape index (κ1) is 23.8. The van der Waals surface area contributed by atoms with Gasteiger partial charge in [-0.2, -0.15) is 0 Å². The number of benzene rings is 2. The highest BCUT2D eigenvalue weighted by molar-refractivity contribution is 5.95. The van der Waals surface area contributed by atoms with Crippen LogP contribution in [0, 0.1) is 11.3 Å². The molecule has 2 amide bonds. The van der Waals surface area contributed by atoms with Crippen LogP contribution in [0.5, 0.6) is 5.75 Å². The minimum Gasteiger partial charge on any atom is -0.491 e. The third-order valence-electron chi connectivity index (χ3n) is 5.39. The van der Waals surface area contributed by atoms with Gasteiger partial charge in [0.25, 0.3) is 5.91 Å². The molecule has 1 saturated heterocycles. The number of carbonyl (C=O) groups is 3. The summed E-state index contributed by atoms with van der Waals surface area (Å²) in [5.74, 6) is -0.908. The van der Waals surface area contributed by atoms with Crippen molar-refractivity contribution >= 4 is 23.6 Å². The fourth-order valence-corrected chi connectivity index (χ4v) is 3.43. The average Bonchev–Trinajstić information content (AvgIpc) is 3.15. The number of nitrogens with two attached hydrogens (primary N) is 1. The molecule has 0 aliphatic carbocycles. The molecular formula is C24H28N4O5. The highest BCUT2D eigenvalue weighted by Gasteiger charge is 2.34. The molecule has 174 valence electrons. The Kier molecular flexibility index (Phi) is 7.66. The van der Waals surface area contributed by atoms with Crippen molar-refractivity contribution in [3.63, 3.8) is 0 Å². The number of ether oxygens (including phenoxy) is 2. The minimum absolute atomic E-state index is 0.0304. The lowest BCUT2D eigenvalue weighted by atomic mass is 10.0. The lowest BCUT2D eigenvalue weighted by Crippen LogP contribution is -2.31. The molecule has 1 aliphatic heterocycles. The van der Waals surface area contributed by atoms with Crippen LogP contribution in [0.1, 0.15) is 18.4 Å². The first-order valence-corrected chi connectivity index (χ1v) is 10.6. The quantitative estimate of drug-likeness (QED) is 0.300. The van der Waals surface area contributed by atoms with Crippen molar-refractivity contribution < 1.29 is 23.9 Å². The summed E-state index contributed by atoms with van der Waals surface area (Å²) in [5.41, 5.74) is 8.15. The summed E-state index contributed by atoms with van der Waals surface area (Å²) in [5, 5.41) is 10.3. The summed E-state index contributed by atoms with van der Waals surface area (Å²) in [4.78, 5) is 36.9. The molecule has 9 heteroatoms. The Morgan fingerprint density at radius 1 is 1.09 bits per heavy atom. The van der Waals surface area contributed by atoms with Gasteiger partial charge in [0.05, 0.1) is 18.4 Å². The molecule has 3 rings (SSSR count). The van der Waals surface area contributed by atoms with Crippen LogP contribution in [0.4, 0.5) is 0 Å². The lowest BCUT2D eigenvalue weighted by molar-refractivity contribution is -0.152. The molecule has 0 bridgehead atoms. The number of nitrogens with one attached hydrogen (secondary N) is 2. The molecule has 0 unspecified atom stereocenters. The number of amides is 2. The first-order valence-electron chi connectivity index (χ1n) is 10.6. The van der Waals surface area contributed by atoms with E-state index in [2.05, 4.69) is 5.32 Å². The number of rotatable bonds is 9. The molecule has 0 spiro atoms. The average molecular weight is 453 g/mol. The van der Waals surface area contributed by atoms with E-state index in [-0.39, 0.29) is 43.3 Å². The number of esters is 1. The summed E-state index contributed by atoms with van der Waals surface area (Å²) < 4.78 is 10.8. The van der Waals surface area contributed by atoms with Crippen LogP contribution >= 0.6 is 0 Å². The molecule has 2 atom stereocenters. The molecule has 4 N–H and O–H groups in total. The Morgan fingerprint density at radius 3 is 2.27 bits per heavy atom. The summed E-state index contributed by atoms with van der Waals surface area (Å²) in [6.07, 6.45) is 0.385. The van der Waals surface area contributed by atoms with Crippen LogP contribution in [0.25, 0.3) is 11.1 Å². The number of hydrogen-bond donors (Lipinski definition) is 3. The first-order chi connectivity index (χ1) is 15.7.